The molecular weight excluding hydrogens is 562 g/mol. The minimum absolute atomic E-state index is 0.0336. The van der Waals surface area contributed by atoms with Gasteiger partial charge in [-0.2, -0.15) is 0 Å². The van der Waals surface area contributed by atoms with E-state index in [2.05, 4.69) is 33.1 Å². The third kappa shape index (κ3) is 13.5. The lowest BCUT2D eigenvalue weighted by Crippen LogP contribution is -2.31. The van der Waals surface area contributed by atoms with Gasteiger partial charge in [-0.1, -0.05) is 79.3 Å². The maximum absolute atomic E-state index is 12.4. The zero-order valence-electron chi connectivity index (χ0n) is 24.7. The number of amides is 3. The van der Waals surface area contributed by atoms with Crippen LogP contribution in [0.15, 0.2) is 54.6 Å². The van der Waals surface area contributed by atoms with E-state index in [1.165, 1.54) is 11.3 Å². The third-order valence-electron chi connectivity index (χ3n) is 6.58. The quantitative estimate of drug-likeness (QED) is 0.0782. The second-order valence-electron chi connectivity index (χ2n) is 10.4. The highest BCUT2D eigenvalue weighted by molar-refractivity contribution is 7.15. The van der Waals surface area contributed by atoms with E-state index in [1.54, 1.807) is 0 Å². The summed E-state index contributed by atoms with van der Waals surface area (Å²) in [5, 5.41) is 34.2. The second-order valence-corrected chi connectivity index (χ2v) is 11.5. The van der Waals surface area contributed by atoms with E-state index in [-0.39, 0.29) is 42.8 Å². The molecule has 0 spiro atoms. The first-order valence-corrected chi connectivity index (χ1v) is 15.6. The number of hydrogen-bond acceptors (Lipinski definition) is 8. The highest BCUT2D eigenvalue weighted by Gasteiger charge is 2.11. The molecular formula is C32H41N7O3S. The SMILES string of the molecule is CCCCNC(=O)Cc1cccc(CC(=O)NC(=N)CCC(=N)CCCCc2nnc(NC(=O)Cc3ccccc3)s2)c1. The van der Waals surface area contributed by atoms with Crippen molar-refractivity contribution in [1.82, 2.24) is 20.8 Å². The summed E-state index contributed by atoms with van der Waals surface area (Å²) in [6.45, 7) is 2.74. The van der Waals surface area contributed by atoms with Crippen molar-refractivity contribution < 1.29 is 14.4 Å². The first kappa shape index (κ1) is 33.3. The van der Waals surface area contributed by atoms with E-state index in [9.17, 15) is 14.4 Å². The molecule has 0 atom stereocenters. The average Bonchev–Trinajstić information content (AvgIpc) is 3.41. The Bertz CT molecular complexity index is 1370. The molecule has 0 fully saturated rings. The molecule has 1 heterocycles. The van der Waals surface area contributed by atoms with Crippen LogP contribution in [-0.2, 0) is 40.1 Å². The molecule has 2 aromatic carbocycles. The summed E-state index contributed by atoms with van der Waals surface area (Å²) < 4.78 is 0. The van der Waals surface area contributed by atoms with E-state index in [4.69, 9.17) is 10.8 Å². The molecule has 43 heavy (non-hydrogen) atoms. The summed E-state index contributed by atoms with van der Waals surface area (Å²) in [6, 6.07) is 16.9. The predicted octanol–water partition coefficient (Wildman–Crippen LogP) is 5.03. The number of rotatable bonds is 18. The number of unbranched alkanes of at least 4 members (excludes halogenated alkanes) is 2. The Hall–Kier alpha value is -4.25. The van der Waals surface area contributed by atoms with Crippen LogP contribution >= 0.6 is 11.3 Å². The van der Waals surface area contributed by atoms with Gasteiger partial charge < -0.3 is 21.4 Å². The normalized spacial score (nSPS) is 10.6. The van der Waals surface area contributed by atoms with Gasteiger partial charge >= 0.3 is 0 Å². The molecule has 11 heteroatoms. The maximum Gasteiger partial charge on any atom is 0.230 e. The summed E-state index contributed by atoms with van der Waals surface area (Å²) in [5.74, 6) is -0.350. The van der Waals surface area contributed by atoms with Crippen LogP contribution < -0.4 is 16.0 Å². The largest absolute Gasteiger partial charge is 0.356 e. The fourth-order valence-electron chi connectivity index (χ4n) is 4.33. The Morgan fingerprint density at radius 3 is 2.21 bits per heavy atom. The van der Waals surface area contributed by atoms with Crippen LogP contribution in [-0.4, -0.2) is 46.0 Å². The summed E-state index contributed by atoms with van der Waals surface area (Å²) in [6.07, 6.45) is 6.33. The third-order valence-corrected chi connectivity index (χ3v) is 7.48. The molecule has 0 radical (unpaired) electrons. The predicted molar refractivity (Wildman–Crippen MR) is 171 cm³/mol. The van der Waals surface area contributed by atoms with Gasteiger partial charge in [0, 0.05) is 25.1 Å². The standard InChI is InChI=1S/C32H41N7O3S/c1-2-3-18-35-28(40)21-24-12-9-13-25(19-24)22-29(41)36-27(34)17-16-26(33)14-7-8-15-31-38-39-32(43-31)37-30(42)20-23-10-5-4-6-11-23/h4-6,9-13,19,33H,2-3,7-8,14-18,20-22H2,1H3,(H,35,40)(H2,34,36,41)(H,37,39,42). The maximum atomic E-state index is 12.4. The highest BCUT2D eigenvalue weighted by Crippen LogP contribution is 2.18. The molecule has 5 N–H and O–H groups in total. The van der Waals surface area contributed by atoms with Crippen LogP contribution in [0, 0.1) is 10.8 Å². The van der Waals surface area contributed by atoms with Gasteiger partial charge in [0.05, 0.1) is 19.3 Å². The molecule has 0 unspecified atom stereocenters. The molecule has 3 rings (SSSR count). The number of nitrogens with one attached hydrogen (secondary N) is 5. The zero-order valence-corrected chi connectivity index (χ0v) is 25.5. The van der Waals surface area contributed by atoms with Crippen molar-refractivity contribution in [3.05, 3.63) is 76.3 Å². The molecule has 0 saturated carbocycles. The van der Waals surface area contributed by atoms with E-state index >= 15 is 0 Å². The van der Waals surface area contributed by atoms with Crippen LogP contribution in [0.4, 0.5) is 5.13 Å². The van der Waals surface area contributed by atoms with E-state index in [0.29, 0.717) is 36.7 Å². The number of nitrogens with zero attached hydrogens (tertiary/aromatic N) is 2. The number of carbonyl (C=O) groups is 3. The molecule has 3 aromatic rings. The molecule has 0 saturated heterocycles. The fraction of sp³-hybridized carbons (Fsp3) is 0.406. The van der Waals surface area contributed by atoms with Crippen molar-refractivity contribution in [2.75, 3.05) is 11.9 Å². The highest BCUT2D eigenvalue weighted by atomic mass is 32.1. The summed E-state index contributed by atoms with van der Waals surface area (Å²) >= 11 is 1.36. The number of amidine groups is 1. The Balaban J connectivity index is 1.27. The number of aryl methyl sites for hydroxylation is 1. The van der Waals surface area contributed by atoms with Crippen molar-refractivity contribution in [3.63, 3.8) is 0 Å². The molecule has 0 aliphatic carbocycles. The first-order valence-electron chi connectivity index (χ1n) is 14.7. The topological polar surface area (TPSA) is 161 Å². The monoisotopic (exact) mass is 603 g/mol. The van der Waals surface area contributed by atoms with Crippen molar-refractivity contribution in [2.24, 2.45) is 0 Å². The smallest absolute Gasteiger partial charge is 0.230 e. The van der Waals surface area contributed by atoms with Gasteiger partial charge in [-0.3, -0.25) is 19.8 Å². The van der Waals surface area contributed by atoms with Gasteiger partial charge in [0.2, 0.25) is 22.9 Å². The minimum Gasteiger partial charge on any atom is -0.356 e. The van der Waals surface area contributed by atoms with E-state index in [1.807, 2.05) is 54.6 Å². The van der Waals surface area contributed by atoms with Crippen LogP contribution in [0.25, 0.3) is 0 Å². The lowest BCUT2D eigenvalue weighted by atomic mass is 10.0. The van der Waals surface area contributed by atoms with Crippen LogP contribution in [0.3, 0.4) is 0 Å². The van der Waals surface area contributed by atoms with Crippen molar-refractivity contribution in [3.8, 4) is 0 Å². The number of anilines is 1. The van der Waals surface area contributed by atoms with E-state index in [0.717, 1.165) is 53.8 Å². The van der Waals surface area contributed by atoms with Gasteiger partial charge in [0.15, 0.2) is 0 Å². The van der Waals surface area contributed by atoms with Crippen molar-refractivity contribution in [1.29, 1.82) is 10.8 Å². The summed E-state index contributed by atoms with van der Waals surface area (Å²) in [5.41, 5.74) is 3.11. The fourth-order valence-corrected chi connectivity index (χ4v) is 5.13. The lowest BCUT2D eigenvalue weighted by Gasteiger charge is -2.09. The molecule has 0 bridgehead atoms. The number of hydrogen-bond donors (Lipinski definition) is 5. The zero-order chi connectivity index (χ0) is 30.9. The van der Waals surface area contributed by atoms with Gasteiger partial charge in [0.1, 0.15) is 10.8 Å². The molecule has 0 aliphatic rings. The van der Waals surface area contributed by atoms with Crippen molar-refractivity contribution >= 4 is 45.7 Å². The summed E-state index contributed by atoms with van der Waals surface area (Å²) in [4.78, 5) is 36.7. The van der Waals surface area contributed by atoms with Gasteiger partial charge in [-0.25, -0.2) is 0 Å². The van der Waals surface area contributed by atoms with Crippen LogP contribution in [0.2, 0.25) is 0 Å². The average molecular weight is 604 g/mol. The number of aromatic nitrogens is 2. The van der Waals surface area contributed by atoms with Gasteiger partial charge in [-0.05, 0) is 48.8 Å². The van der Waals surface area contributed by atoms with Crippen LogP contribution in [0.5, 0.6) is 0 Å². The van der Waals surface area contributed by atoms with E-state index < -0.39 is 0 Å². The molecule has 1 aromatic heterocycles. The van der Waals surface area contributed by atoms with Crippen molar-refractivity contribution in [2.45, 2.75) is 77.6 Å². The minimum atomic E-state index is -0.284. The molecule has 228 valence electrons. The van der Waals surface area contributed by atoms with Gasteiger partial charge in [-0.15, -0.1) is 10.2 Å². The Morgan fingerprint density at radius 2 is 1.47 bits per heavy atom. The van der Waals surface area contributed by atoms with Gasteiger partial charge in [0.25, 0.3) is 0 Å². The Kier molecular flexibility index (Phi) is 14.2. The molecule has 10 nitrogen and oxygen atoms in total. The molecule has 0 aliphatic heterocycles. The first-order chi connectivity index (χ1) is 20.8. The Labute approximate surface area is 257 Å². The second kappa shape index (κ2) is 18.3. The number of carbonyl (C=O) groups excluding carboxylic acids is 3. The molecule has 3 amide bonds. The number of benzene rings is 2. The van der Waals surface area contributed by atoms with Crippen LogP contribution in [0.1, 0.15) is 73.6 Å². The lowest BCUT2D eigenvalue weighted by molar-refractivity contribution is -0.120. The summed E-state index contributed by atoms with van der Waals surface area (Å²) in [7, 11) is 0. The Morgan fingerprint density at radius 1 is 0.767 bits per heavy atom.